The van der Waals surface area contributed by atoms with Gasteiger partial charge in [-0.2, -0.15) is 0 Å². The van der Waals surface area contributed by atoms with Crippen molar-refractivity contribution >= 4 is 10.0 Å². The van der Waals surface area contributed by atoms with Crippen molar-refractivity contribution in [3.05, 3.63) is 29.8 Å². The summed E-state index contributed by atoms with van der Waals surface area (Å²) in [5.41, 5.74) is 0. The number of rotatable bonds is 8. The Bertz CT molecular complexity index is 541. The SMILES string of the molecule is CC(C)CC(CCO)CNS(=O)(=O)c1cc(F)cc(F)c1. The molecule has 0 saturated carbocycles. The molecule has 0 aromatic heterocycles. The molecule has 1 atom stereocenters. The van der Waals surface area contributed by atoms with Crippen molar-refractivity contribution in [2.24, 2.45) is 11.8 Å². The zero-order valence-corrected chi connectivity index (χ0v) is 13.0. The molecule has 1 unspecified atom stereocenters. The molecule has 0 heterocycles. The van der Waals surface area contributed by atoms with Gasteiger partial charge in [0, 0.05) is 19.2 Å². The average Bonchev–Trinajstić information content (AvgIpc) is 2.34. The number of hydrogen-bond acceptors (Lipinski definition) is 3. The Morgan fingerprint density at radius 3 is 2.24 bits per heavy atom. The van der Waals surface area contributed by atoms with Gasteiger partial charge in [0.25, 0.3) is 0 Å². The quantitative estimate of drug-likeness (QED) is 0.772. The molecule has 0 aliphatic heterocycles. The molecule has 120 valence electrons. The maximum atomic E-state index is 13.1. The molecule has 7 heteroatoms. The number of sulfonamides is 1. The predicted octanol–water partition coefficient (Wildman–Crippen LogP) is 2.29. The normalized spacial score (nSPS) is 13.6. The molecule has 2 N–H and O–H groups in total. The topological polar surface area (TPSA) is 66.4 Å². The monoisotopic (exact) mass is 321 g/mol. The minimum atomic E-state index is -3.97. The zero-order chi connectivity index (χ0) is 16.0. The predicted molar refractivity (Wildman–Crippen MR) is 76.2 cm³/mol. The van der Waals surface area contributed by atoms with E-state index < -0.39 is 26.6 Å². The Morgan fingerprint density at radius 1 is 1.19 bits per heavy atom. The fourth-order valence-corrected chi connectivity index (χ4v) is 3.30. The fourth-order valence-electron chi connectivity index (χ4n) is 2.15. The summed E-state index contributed by atoms with van der Waals surface area (Å²) in [6.45, 7) is 4.09. The maximum Gasteiger partial charge on any atom is 0.240 e. The van der Waals surface area contributed by atoms with Gasteiger partial charge in [0.1, 0.15) is 11.6 Å². The van der Waals surface area contributed by atoms with Crippen LogP contribution in [0.5, 0.6) is 0 Å². The minimum Gasteiger partial charge on any atom is -0.396 e. The Labute approximate surface area is 124 Å². The highest BCUT2D eigenvalue weighted by molar-refractivity contribution is 7.89. The van der Waals surface area contributed by atoms with Gasteiger partial charge in [-0.1, -0.05) is 13.8 Å². The number of benzene rings is 1. The molecule has 0 fully saturated rings. The van der Waals surface area contributed by atoms with Crippen molar-refractivity contribution < 1.29 is 22.3 Å². The maximum absolute atomic E-state index is 13.1. The molecule has 0 saturated heterocycles. The van der Waals surface area contributed by atoms with Gasteiger partial charge in [0.2, 0.25) is 10.0 Å². The van der Waals surface area contributed by atoms with E-state index in [0.717, 1.165) is 18.6 Å². The Kier molecular flexibility index (Phi) is 6.70. The molecule has 1 aromatic rings. The second-order valence-electron chi connectivity index (χ2n) is 5.46. The van der Waals surface area contributed by atoms with E-state index in [1.54, 1.807) is 0 Å². The largest absolute Gasteiger partial charge is 0.396 e. The number of hydrogen-bond donors (Lipinski definition) is 2. The second-order valence-corrected chi connectivity index (χ2v) is 7.23. The second kappa shape index (κ2) is 7.82. The summed E-state index contributed by atoms with van der Waals surface area (Å²) in [7, 11) is -3.97. The van der Waals surface area contributed by atoms with Crippen LogP contribution in [-0.4, -0.2) is 26.7 Å². The van der Waals surface area contributed by atoms with E-state index in [0.29, 0.717) is 18.4 Å². The van der Waals surface area contributed by atoms with Crippen molar-refractivity contribution in [3.63, 3.8) is 0 Å². The van der Waals surface area contributed by atoms with E-state index >= 15 is 0 Å². The van der Waals surface area contributed by atoms with Crippen LogP contribution in [0.3, 0.4) is 0 Å². The van der Waals surface area contributed by atoms with Gasteiger partial charge in [-0.3, -0.25) is 0 Å². The van der Waals surface area contributed by atoms with Gasteiger partial charge in [0.05, 0.1) is 4.90 Å². The molecule has 1 rings (SSSR count). The summed E-state index contributed by atoms with van der Waals surface area (Å²) in [5, 5.41) is 8.99. The number of nitrogens with one attached hydrogen (secondary N) is 1. The van der Waals surface area contributed by atoms with E-state index in [2.05, 4.69) is 4.72 Å². The highest BCUT2D eigenvalue weighted by Gasteiger charge is 2.19. The van der Waals surface area contributed by atoms with Gasteiger partial charge in [-0.25, -0.2) is 21.9 Å². The average molecular weight is 321 g/mol. The van der Waals surface area contributed by atoms with E-state index in [1.165, 1.54) is 0 Å². The highest BCUT2D eigenvalue weighted by Crippen LogP contribution is 2.17. The molecule has 0 aliphatic carbocycles. The first-order valence-corrected chi connectivity index (χ1v) is 8.29. The first-order valence-electron chi connectivity index (χ1n) is 6.81. The van der Waals surface area contributed by atoms with Crippen LogP contribution in [-0.2, 0) is 10.0 Å². The lowest BCUT2D eigenvalue weighted by atomic mass is 9.95. The lowest BCUT2D eigenvalue weighted by Gasteiger charge is -2.18. The van der Waals surface area contributed by atoms with Gasteiger partial charge >= 0.3 is 0 Å². The van der Waals surface area contributed by atoms with Crippen LogP contribution >= 0.6 is 0 Å². The summed E-state index contributed by atoms with van der Waals surface area (Å²) in [6.07, 6.45) is 1.22. The molecule has 0 amide bonds. The van der Waals surface area contributed by atoms with E-state index in [-0.39, 0.29) is 19.1 Å². The van der Waals surface area contributed by atoms with Crippen molar-refractivity contribution in [3.8, 4) is 0 Å². The van der Waals surface area contributed by atoms with E-state index in [1.807, 2.05) is 13.8 Å². The van der Waals surface area contributed by atoms with Gasteiger partial charge < -0.3 is 5.11 Å². The van der Waals surface area contributed by atoms with Crippen LogP contribution in [0.2, 0.25) is 0 Å². The lowest BCUT2D eigenvalue weighted by Crippen LogP contribution is -2.30. The Hall–Kier alpha value is -1.05. The van der Waals surface area contributed by atoms with Crippen LogP contribution < -0.4 is 4.72 Å². The first kappa shape index (κ1) is 18.0. The van der Waals surface area contributed by atoms with Crippen LogP contribution in [0.25, 0.3) is 0 Å². The summed E-state index contributed by atoms with van der Waals surface area (Å²) in [6, 6.07) is 2.16. The first-order chi connectivity index (χ1) is 9.74. The third-order valence-corrected chi connectivity index (χ3v) is 4.45. The zero-order valence-electron chi connectivity index (χ0n) is 12.1. The lowest BCUT2D eigenvalue weighted by molar-refractivity contribution is 0.243. The molecule has 0 bridgehead atoms. The molecule has 0 radical (unpaired) electrons. The van der Waals surface area contributed by atoms with Crippen molar-refractivity contribution in [2.45, 2.75) is 31.6 Å². The Morgan fingerprint density at radius 2 is 1.76 bits per heavy atom. The molecule has 21 heavy (non-hydrogen) atoms. The van der Waals surface area contributed by atoms with Crippen molar-refractivity contribution in [1.29, 1.82) is 0 Å². The number of aliphatic hydroxyl groups excluding tert-OH is 1. The van der Waals surface area contributed by atoms with Gasteiger partial charge in [0.15, 0.2) is 0 Å². The number of halogens is 2. The summed E-state index contributed by atoms with van der Waals surface area (Å²) in [4.78, 5) is -0.438. The fraction of sp³-hybridized carbons (Fsp3) is 0.571. The Balaban J connectivity index is 2.79. The molecule has 4 nitrogen and oxygen atoms in total. The van der Waals surface area contributed by atoms with Crippen LogP contribution in [0.4, 0.5) is 8.78 Å². The standard InChI is InChI=1S/C14H21F2NO3S/c1-10(2)5-11(3-4-18)9-17-21(19,20)14-7-12(15)6-13(16)8-14/h6-8,10-11,17-18H,3-5,9H2,1-2H3. The smallest absolute Gasteiger partial charge is 0.240 e. The van der Waals surface area contributed by atoms with Crippen LogP contribution in [0, 0.1) is 23.5 Å². The van der Waals surface area contributed by atoms with Crippen LogP contribution in [0.15, 0.2) is 23.1 Å². The van der Waals surface area contributed by atoms with E-state index in [4.69, 9.17) is 5.11 Å². The van der Waals surface area contributed by atoms with Gasteiger partial charge in [-0.15, -0.1) is 0 Å². The number of aliphatic hydroxyl groups is 1. The molecular formula is C14H21F2NO3S. The molecular weight excluding hydrogens is 300 g/mol. The summed E-state index contributed by atoms with van der Waals surface area (Å²) in [5.74, 6) is -1.55. The van der Waals surface area contributed by atoms with Crippen LogP contribution in [0.1, 0.15) is 26.7 Å². The van der Waals surface area contributed by atoms with Crippen molar-refractivity contribution in [2.75, 3.05) is 13.2 Å². The summed E-state index contributed by atoms with van der Waals surface area (Å²) < 4.78 is 52.6. The molecule has 0 aliphatic rings. The van der Waals surface area contributed by atoms with E-state index in [9.17, 15) is 17.2 Å². The highest BCUT2D eigenvalue weighted by atomic mass is 32.2. The third-order valence-electron chi connectivity index (χ3n) is 3.05. The summed E-state index contributed by atoms with van der Waals surface area (Å²) >= 11 is 0. The third kappa shape index (κ3) is 6.07. The van der Waals surface area contributed by atoms with Gasteiger partial charge in [-0.05, 0) is 36.8 Å². The molecule has 0 spiro atoms. The minimum absolute atomic E-state index is 0.0248. The van der Waals surface area contributed by atoms with Crippen molar-refractivity contribution in [1.82, 2.24) is 4.72 Å². The molecule has 1 aromatic carbocycles.